The molecule has 3 N–H and O–H groups in total. The second kappa shape index (κ2) is 49.9. The van der Waals surface area contributed by atoms with Gasteiger partial charge >= 0.3 is 5.97 Å². The van der Waals surface area contributed by atoms with Crippen molar-refractivity contribution in [1.82, 2.24) is 5.32 Å². The van der Waals surface area contributed by atoms with Crippen molar-refractivity contribution in [3.63, 3.8) is 0 Å². The van der Waals surface area contributed by atoms with Gasteiger partial charge in [0, 0.05) is 6.42 Å². The van der Waals surface area contributed by atoms with Crippen LogP contribution in [0.3, 0.4) is 0 Å². The zero-order valence-corrected chi connectivity index (χ0v) is 41.6. The van der Waals surface area contributed by atoms with E-state index in [1.165, 1.54) is 231 Å². The lowest BCUT2D eigenvalue weighted by molar-refractivity contribution is -0.151. The Hall–Kier alpha value is -1.14. The Morgan fingerprint density at radius 3 is 1.00 bits per heavy atom. The van der Waals surface area contributed by atoms with Crippen LogP contribution in [0.5, 0.6) is 0 Å². The second-order valence-corrected chi connectivity index (χ2v) is 19.4. The molecule has 0 aliphatic heterocycles. The zero-order valence-electron chi connectivity index (χ0n) is 41.6. The molecule has 0 rings (SSSR count). The van der Waals surface area contributed by atoms with Gasteiger partial charge in [0.1, 0.15) is 6.10 Å². The molecule has 0 heterocycles. The van der Waals surface area contributed by atoms with E-state index in [1.54, 1.807) is 0 Å². The largest absolute Gasteiger partial charge is 0.462 e. The van der Waals surface area contributed by atoms with Gasteiger partial charge in [0.15, 0.2) is 0 Å². The molecule has 6 heteroatoms. The van der Waals surface area contributed by atoms with Gasteiger partial charge in [-0.1, -0.05) is 278 Å². The van der Waals surface area contributed by atoms with E-state index in [0.29, 0.717) is 19.3 Å². The number of ether oxygens (including phenoxy) is 1. The van der Waals surface area contributed by atoms with Crippen LogP contribution in [0.2, 0.25) is 0 Å². The van der Waals surface area contributed by atoms with Crippen molar-refractivity contribution in [2.45, 2.75) is 334 Å². The van der Waals surface area contributed by atoms with Gasteiger partial charge in [0.05, 0.1) is 25.2 Å². The summed E-state index contributed by atoms with van der Waals surface area (Å²) in [6.45, 7) is 6.52. The molecule has 6 nitrogen and oxygen atoms in total. The van der Waals surface area contributed by atoms with Gasteiger partial charge in [0.25, 0.3) is 0 Å². The highest BCUT2D eigenvalue weighted by molar-refractivity contribution is 5.77. The van der Waals surface area contributed by atoms with Crippen molar-refractivity contribution in [3.05, 3.63) is 0 Å². The molecule has 0 radical (unpaired) electrons. The molecule has 364 valence electrons. The van der Waals surface area contributed by atoms with Crippen LogP contribution in [0.1, 0.15) is 316 Å². The van der Waals surface area contributed by atoms with Gasteiger partial charge in [-0.2, -0.15) is 0 Å². The lowest BCUT2D eigenvalue weighted by atomic mass is 10.0. The highest BCUT2D eigenvalue weighted by Gasteiger charge is 2.24. The third kappa shape index (κ3) is 45.2. The van der Waals surface area contributed by atoms with Crippen LogP contribution in [0.4, 0.5) is 0 Å². The Labute approximate surface area is 381 Å². The summed E-state index contributed by atoms with van der Waals surface area (Å²) in [6, 6.07) is -0.692. The number of carbonyl (C=O) groups excluding carboxylic acids is 2. The number of carbonyl (C=O) groups is 2. The van der Waals surface area contributed by atoms with Crippen molar-refractivity contribution in [2.75, 3.05) is 6.61 Å². The minimum Gasteiger partial charge on any atom is -0.462 e. The van der Waals surface area contributed by atoms with Gasteiger partial charge in [0.2, 0.25) is 5.91 Å². The fourth-order valence-corrected chi connectivity index (χ4v) is 8.96. The Kier molecular flexibility index (Phi) is 48.9. The van der Waals surface area contributed by atoms with Crippen molar-refractivity contribution >= 4 is 11.9 Å². The topological polar surface area (TPSA) is 95.9 Å². The van der Waals surface area contributed by atoms with Crippen molar-refractivity contribution in [2.24, 2.45) is 0 Å². The number of amides is 1. The average Bonchev–Trinajstić information content (AvgIpc) is 3.25. The number of aliphatic hydroxyl groups is 2. The van der Waals surface area contributed by atoms with Crippen LogP contribution in [0, 0.1) is 0 Å². The predicted octanol–water partition coefficient (Wildman–Crippen LogP) is 16.7. The highest BCUT2D eigenvalue weighted by Crippen LogP contribution is 2.19. The summed E-state index contributed by atoms with van der Waals surface area (Å²) in [5, 5.41) is 23.8. The first-order valence-corrected chi connectivity index (χ1v) is 27.8. The third-order valence-electron chi connectivity index (χ3n) is 13.2. The van der Waals surface area contributed by atoms with Gasteiger partial charge in [-0.25, -0.2) is 0 Å². The van der Waals surface area contributed by atoms with Gasteiger partial charge < -0.3 is 20.3 Å². The lowest BCUT2D eigenvalue weighted by Crippen LogP contribution is -2.46. The molecule has 0 bridgehead atoms. The summed E-state index contributed by atoms with van der Waals surface area (Å²) in [5.41, 5.74) is 0. The quantitative estimate of drug-likeness (QED) is 0.0418. The van der Waals surface area contributed by atoms with Crippen molar-refractivity contribution in [1.29, 1.82) is 0 Å². The van der Waals surface area contributed by atoms with E-state index in [0.717, 1.165) is 38.5 Å². The van der Waals surface area contributed by atoms with E-state index in [-0.39, 0.29) is 24.9 Å². The number of hydrogen-bond donors (Lipinski definition) is 3. The van der Waals surface area contributed by atoms with Crippen LogP contribution in [0.15, 0.2) is 0 Å². The first-order chi connectivity index (χ1) is 30.0. The van der Waals surface area contributed by atoms with E-state index in [1.807, 2.05) is 0 Å². The zero-order chi connectivity index (χ0) is 44.5. The van der Waals surface area contributed by atoms with E-state index in [2.05, 4.69) is 26.1 Å². The molecule has 0 aromatic carbocycles. The van der Waals surface area contributed by atoms with Crippen LogP contribution in [-0.2, 0) is 14.3 Å². The first-order valence-electron chi connectivity index (χ1n) is 27.8. The number of esters is 1. The maximum Gasteiger partial charge on any atom is 0.306 e. The van der Waals surface area contributed by atoms with E-state index < -0.39 is 18.2 Å². The third-order valence-corrected chi connectivity index (χ3v) is 13.2. The van der Waals surface area contributed by atoms with Crippen LogP contribution < -0.4 is 5.32 Å². The van der Waals surface area contributed by atoms with E-state index >= 15 is 0 Å². The molecule has 1 amide bonds. The molecular weight excluding hydrogens is 755 g/mol. The van der Waals surface area contributed by atoms with Crippen LogP contribution in [0.25, 0.3) is 0 Å². The maximum atomic E-state index is 13.2. The number of unbranched alkanes of at least 4 members (excludes halogenated alkanes) is 39. The molecule has 61 heavy (non-hydrogen) atoms. The number of aliphatic hydroxyl groups excluding tert-OH is 2. The monoisotopic (exact) mass is 864 g/mol. The Balaban J connectivity index is 4.49. The van der Waals surface area contributed by atoms with Crippen LogP contribution >= 0.6 is 0 Å². The minimum absolute atomic E-state index is 0.0883. The molecule has 0 saturated carbocycles. The molecule has 0 aliphatic rings. The van der Waals surface area contributed by atoms with Gasteiger partial charge in [-0.3, -0.25) is 9.59 Å². The predicted molar refractivity (Wildman–Crippen MR) is 264 cm³/mol. The number of nitrogens with one attached hydrogen (secondary N) is 1. The van der Waals surface area contributed by atoms with Crippen LogP contribution in [-0.4, -0.2) is 46.9 Å². The SMILES string of the molecule is CCCCCCCCCCCCCCCCCCC(=O)OC(CCCCCCCCCCCCCCCC)CC(=O)NC(CO)C(O)CCCCCCCCCCCCCC. The molecule has 0 saturated heterocycles. The molecule has 0 fully saturated rings. The lowest BCUT2D eigenvalue weighted by Gasteiger charge is -2.24. The maximum absolute atomic E-state index is 13.2. The highest BCUT2D eigenvalue weighted by atomic mass is 16.5. The number of rotatable bonds is 51. The standard InChI is InChI=1S/C55H109NO5/c1-4-7-10-13-16-19-22-25-27-28-30-33-36-39-42-45-48-55(60)61-51(46-43-40-37-34-31-29-26-23-20-17-14-11-8-5-2)49-54(59)56-52(50-57)53(58)47-44-41-38-35-32-24-21-18-15-12-9-6-3/h51-53,57-58H,4-50H2,1-3H3,(H,56,59). The molecular formula is C55H109NO5. The molecule has 0 aliphatic carbocycles. The summed E-state index contributed by atoms with van der Waals surface area (Å²) < 4.78 is 5.96. The smallest absolute Gasteiger partial charge is 0.306 e. The van der Waals surface area contributed by atoms with Gasteiger partial charge in [-0.05, 0) is 25.7 Å². The summed E-state index contributed by atoms with van der Waals surface area (Å²) in [7, 11) is 0. The minimum atomic E-state index is -0.779. The van der Waals surface area contributed by atoms with E-state index in [4.69, 9.17) is 4.74 Å². The molecule has 0 aromatic rings. The Bertz CT molecular complexity index is 882. The van der Waals surface area contributed by atoms with Gasteiger partial charge in [-0.15, -0.1) is 0 Å². The second-order valence-electron chi connectivity index (χ2n) is 19.4. The summed E-state index contributed by atoms with van der Waals surface area (Å²) in [6.07, 6.45) is 54.5. The normalized spacial score (nSPS) is 13.1. The molecule has 3 atom stereocenters. The molecule has 0 aromatic heterocycles. The Morgan fingerprint density at radius 2 is 0.689 bits per heavy atom. The molecule has 0 spiro atoms. The fourth-order valence-electron chi connectivity index (χ4n) is 8.96. The summed E-state index contributed by atoms with van der Waals surface area (Å²) >= 11 is 0. The molecule has 3 unspecified atom stereocenters. The van der Waals surface area contributed by atoms with Crippen molar-refractivity contribution < 1.29 is 24.5 Å². The fraction of sp³-hybridized carbons (Fsp3) is 0.964. The summed E-state index contributed by atoms with van der Waals surface area (Å²) in [4.78, 5) is 26.2. The Morgan fingerprint density at radius 1 is 0.410 bits per heavy atom. The number of hydrogen-bond acceptors (Lipinski definition) is 5. The van der Waals surface area contributed by atoms with Crippen molar-refractivity contribution in [3.8, 4) is 0 Å². The first kappa shape index (κ1) is 59.9. The average molecular weight is 864 g/mol. The van der Waals surface area contributed by atoms with E-state index in [9.17, 15) is 19.8 Å². The summed E-state index contributed by atoms with van der Waals surface area (Å²) in [5.74, 6) is -0.447.